The Hall–Kier alpha value is -0.370. The van der Waals surface area contributed by atoms with Crippen LogP contribution in [0.4, 0.5) is 0 Å². The number of hydrogen-bond acceptors (Lipinski definition) is 2. The van der Waals surface area contributed by atoms with Gasteiger partial charge in [0, 0.05) is 0 Å². The lowest BCUT2D eigenvalue weighted by Crippen LogP contribution is -2.30. The predicted molar refractivity (Wildman–Crippen MR) is 75.0 cm³/mol. The van der Waals surface area contributed by atoms with Crippen molar-refractivity contribution in [2.45, 2.75) is 73.8 Å². The highest BCUT2D eigenvalue weighted by Gasteiger charge is 2.23. The summed E-state index contributed by atoms with van der Waals surface area (Å²) in [6.45, 7) is 15.0. The van der Waals surface area contributed by atoms with Crippen LogP contribution in [-0.2, 0) is 4.79 Å². The van der Waals surface area contributed by atoms with Crippen molar-refractivity contribution in [3.8, 4) is 0 Å². The van der Waals surface area contributed by atoms with E-state index in [1.807, 2.05) is 34.7 Å². The molecule has 0 spiro atoms. The number of likely N-dealkylation sites (N-methyl/N-ethyl adjacent to an activating group) is 1. The van der Waals surface area contributed by atoms with Crippen LogP contribution in [0.2, 0.25) is 0 Å². The van der Waals surface area contributed by atoms with Gasteiger partial charge in [-0.1, -0.05) is 48.0 Å². The van der Waals surface area contributed by atoms with E-state index in [9.17, 15) is 4.79 Å². The van der Waals surface area contributed by atoms with Gasteiger partial charge < -0.3 is 0 Å². The monoisotopic (exact) mass is 231 g/mol. The smallest absolute Gasteiger partial charge is 0.146 e. The van der Waals surface area contributed by atoms with Gasteiger partial charge in [0.1, 0.15) is 5.78 Å². The summed E-state index contributed by atoms with van der Waals surface area (Å²) in [5.41, 5.74) is 0. The molecule has 0 bridgehead atoms. The second kappa shape index (κ2) is 17.0. The molecule has 0 aliphatic carbocycles. The second-order valence-electron chi connectivity index (χ2n) is 3.46. The maximum atomic E-state index is 10.8. The standard InChI is InChI=1S/C7H13NO.C3H8.2C2H6/c1-6(9)7-4-3-5-8(7)2;1-3-2;2*1-2/h7H,3-5H2,1-2H3;3H2,1-2H3;2*1-2H3/t7-;;;/m0.../s1. The van der Waals surface area contributed by atoms with E-state index in [2.05, 4.69) is 18.7 Å². The molecule has 2 nitrogen and oxygen atoms in total. The first-order valence-corrected chi connectivity index (χ1v) is 6.84. The van der Waals surface area contributed by atoms with Gasteiger partial charge in [-0.25, -0.2) is 0 Å². The molecule has 0 aromatic rings. The van der Waals surface area contributed by atoms with Gasteiger partial charge in [0.2, 0.25) is 0 Å². The summed E-state index contributed by atoms with van der Waals surface area (Å²) in [5, 5.41) is 0. The highest BCUT2D eigenvalue weighted by atomic mass is 16.1. The molecule has 100 valence electrons. The Balaban J connectivity index is -0.000000206. The number of likely N-dealkylation sites (tertiary alicyclic amines) is 1. The zero-order valence-corrected chi connectivity index (χ0v) is 12.8. The quantitative estimate of drug-likeness (QED) is 0.676. The first kappa shape index (κ1) is 21.0. The SMILES string of the molecule is CC.CC.CC(=O)[C@@H]1CCCN1C.CCC. The molecule has 1 fully saturated rings. The number of nitrogens with zero attached hydrogens (tertiary/aromatic N) is 1. The second-order valence-corrected chi connectivity index (χ2v) is 3.46. The molecule has 1 rings (SSSR count). The van der Waals surface area contributed by atoms with E-state index in [4.69, 9.17) is 0 Å². The summed E-state index contributed by atoms with van der Waals surface area (Å²) in [6.07, 6.45) is 3.49. The fraction of sp³-hybridized carbons (Fsp3) is 0.929. The van der Waals surface area contributed by atoms with Gasteiger partial charge >= 0.3 is 0 Å². The molecule has 2 heteroatoms. The van der Waals surface area contributed by atoms with E-state index in [1.54, 1.807) is 6.92 Å². The molecule has 0 saturated carbocycles. The molecule has 16 heavy (non-hydrogen) atoms. The molecule has 1 aliphatic rings. The lowest BCUT2D eigenvalue weighted by molar-refractivity contribution is -0.120. The van der Waals surface area contributed by atoms with Crippen molar-refractivity contribution >= 4 is 5.78 Å². The van der Waals surface area contributed by atoms with Gasteiger partial charge in [0.15, 0.2) is 0 Å². The Bertz CT molecular complexity index is 135. The van der Waals surface area contributed by atoms with Crippen LogP contribution >= 0.6 is 0 Å². The molecule has 1 aliphatic heterocycles. The minimum atomic E-state index is 0.227. The summed E-state index contributed by atoms with van der Waals surface area (Å²) in [7, 11) is 2.01. The van der Waals surface area contributed by atoms with Gasteiger partial charge in [-0.15, -0.1) is 0 Å². The minimum absolute atomic E-state index is 0.227. The molecular formula is C14H33NO. The maximum Gasteiger partial charge on any atom is 0.146 e. The highest BCUT2D eigenvalue weighted by Crippen LogP contribution is 2.14. The first-order chi connectivity index (χ1) is 7.63. The van der Waals surface area contributed by atoms with Crippen LogP contribution in [0.1, 0.15) is 67.7 Å². The fourth-order valence-corrected chi connectivity index (χ4v) is 1.42. The molecule has 1 heterocycles. The van der Waals surface area contributed by atoms with Crippen LogP contribution in [0, 0.1) is 0 Å². The number of Topliss-reactive ketones (excluding diaryl/α,β-unsaturated/α-hetero) is 1. The van der Waals surface area contributed by atoms with E-state index in [-0.39, 0.29) is 6.04 Å². The molecule has 0 radical (unpaired) electrons. The maximum absolute atomic E-state index is 10.8. The van der Waals surface area contributed by atoms with Crippen LogP contribution in [0.15, 0.2) is 0 Å². The normalized spacial score (nSPS) is 18.1. The summed E-state index contributed by atoms with van der Waals surface area (Å²) < 4.78 is 0. The average molecular weight is 231 g/mol. The molecule has 0 N–H and O–H groups in total. The molecule has 0 aromatic carbocycles. The number of carbonyl (C=O) groups excluding carboxylic acids is 1. The number of hydrogen-bond donors (Lipinski definition) is 0. The van der Waals surface area contributed by atoms with Crippen molar-refractivity contribution in [2.75, 3.05) is 13.6 Å². The molecule has 1 atom stereocenters. The van der Waals surface area contributed by atoms with E-state index in [0.717, 1.165) is 13.0 Å². The van der Waals surface area contributed by atoms with Crippen molar-refractivity contribution in [1.82, 2.24) is 4.90 Å². The average Bonchev–Trinajstić information content (AvgIpc) is 2.71. The van der Waals surface area contributed by atoms with Gasteiger partial charge in [-0.3, -0.25) is 9.69 Å². The first-order valence-electron chi connectivity index (χ1n) is 6.84. The van der Waals surface area contributed by atoms with E-state index >= 15 is 0 Å². The van der Waals surface area contributed by atoms with Crippen molar-refractivity contribution < 1.29 is 4.79 Å². The van der Waals surface area contributed by atoms with Gasteiger partial charge in [-0.2, -0.15) is 0 Å². The van der Waals surface area contributed by atoms with Gasteiger partial charge in [0.25, 0.3) is 0 Å². The Kier molecular flexibility index (Phi) is 22.3. The van der Waals surface area contributed by atoms with Crippen molar-refractivity contribution in [1.29, 1.82) is 0 Å². The molecule has 0 unspecified atom stereocenters. The lowest BCUT2D eigenvalue weighted by atomic mass is 10.1. The van der Waals surface area contributed by atoms with E-state index < -0.39 is 0 Å². The predicted octanol–water partition coefficient (Wildman–Crippen LogP) is 4.14. The van der Waals surface area contributed by atoms with Crippen molar-refractivity contribution in [3.63, 3.8) is 0 Å². The third kappa shape index (κ3) is 11.7. The Morgan fingerprint density at radius 3 is 1.69 bits per heavy atom. The topological polar surface area (TPSA) is 20.3 Å². The minimum Gasteiger partial charge on any atom is -0.298 e. The number of rotatable bonds is 1. The van der Waals surface area contributed by atoms with Crippen molar-refractivity contribution in [2.24, 2.45) is 0 Å². The fourth-order valence-electron chi connectivity index (χ4n) is 1.42. The molecule has 0 aromatic heterocycles. The molecule has 1 saturated heterocycles. The Morgan fingerprint density at radius 1 is 1.19 bits per heavy atom. The zero-order chi connectivity index (χ0) is 13.6. The van der Waals surface area contributed by atoms with E-state index in [0.29, 0.717) is 5.78 Å². The van der Waals surface area contributed by atoms with Crippen molar-refractivity contribution in [3.05, 3.63) is 0 Å². The zero-order valence-electron chi connectivity index (χ0n) is 12.8. The van der Waals surface area contributed by atoms with E-state index in [1.165, 1.54) is 12.8 Å². The molecular weight excluding hydrogens is 198 g/mol. The van der Waals surface area contributed by atoms with Crippen LogP contribution in [0.5, 0.6) is 0 Å². The Morgan fingerprint density at radius 2 is 1.56 bits per heavy atom. The summed E-state index contributed by atoms with van der Waals surface area (Å²) >= 11 is 0. The van der Waals surface area contributed by atoms with Crippen LogP contribution < -0.4 is 0 Å². The summed E-state index contributed by atoms with van der Waals surface area (Å²) in [5.74, 6) is 0.315. The number of carbonyl (C=O) groups is 1. The van der Waals surface area contributed by atoms with Crippen LogP contribution in [-0.4, -0.2) is 30.3 Å². The third-order valence-electron chi connectivity index (χ3n) is 1.99. The Labute approximate surface area is 103 Å². The van der Waals surface area contributed by atoms with Gasteiger partial charge in [-0.05, 0) is 33.4 Å². The summed E-state index contributed by atoms with van der Waals surface area (Å²) in [6, 6.07) is 0.227. The lowest BCUT2D eigenvalue weighted by Gasteiger charge is -2.14. The molecule has 0 amide bonds. The van der Waals surface area contributed by atoms with Gasteiger partial charge in [0.05, 0.1) is 6.04 Å². The summed E-state index contributed by atoms with van der Waals surface area (Å²) in [4.78, 5) is 12.9. The number of ketones is 1. The highest BCUT2D eigenvalue weighted by molar-refractivity contribution is 5.81. The van der Waals surface area contributed by atoms with Crippen LogP contribution in [0.25, 0.3) is 0 Å². The van der Waals surface area contributed by atoms with Crippen LogP contribution in [0.3, 0.4) is 0 Å². The largest absolute Gasteiger partial charge is 0.298 e. The third-order valence-corrected chi connectivity index (χ3v) is 1.99.